The normalized spacial score (nSPS) is 12.1. The molecular formula is C69H56N5OPt-. The summed E-state index contributed by atoms with van der Waals surface area (Å²) in [5.41, 5.74) is 18.5. The second kappa shape index (κ2) is 18.9. The smallest absolute Gasteiger partial charge is 0.148 e. The number of nitrogens with zero attached hydrogens (tertiary/aromatic N) is 5. The predicted molar refractivity (Wildman–Crippen MR) is 312 cm³/mol. The van der Waals surface area contributed by atoms with Crippen LogP contribution in [0.2, 0.25) is 0 Å². The Morgan fingerprint density at radius 2 is 1.13 bits per heavy atom. The third-order valence-corrected chi connectivity index (χ3v) is 15.2. The van der Waals surface area contributed by atoms with Crippen LogP contribution in [0, 0.1) is 6.07 Å². The molecule has 0 saturated heterocycles. The van der Waals surface area contributed by atoms with Crippen LogP contribution in [0.25, 0.3) is 122 Å². The van der Waals surface area contributed by atoms with E-state index in [1.807, 2.05) is 18.3 Å². The van der Waals surface area contributed by atoms with Gasteiger partial charge < -0.3 is 5.11 Å². The number of imidazole rings is 2. The molecule has 374 valence electrons. The molecule has 0 radical (unpaired) electrons. The first kappa shape index (κ1) is 48.7. The first-order valence-electron chi connectivity index (χ1n) is 26.1. The number of hydrogen-bond acceptors (Lipinski definition) is 4. The largest absolute Gasteiger partial charge is 0.507 e. The Hall–Kier alpha value is -8.18. The third kappa shape index (κ3) is 8.10. The van der Waals surface area contributed by atoms with Crippen molar-refractivity contribution in [3.63, 3.8) is 0 Å². The van der Waals surface area contributed by atoms with Crippen LogP contribution in [-0.4, -0.2) is 29.0 Å². The Balaban J connectivity index is 0.00000582. The summed E-state index contributed by atoms with van der Waals surface area (Å²) in [6.07, 6.45) is 1.90. The molecule has 6 nitrogen and oxygen atoms in total. The van der Waals surface area contributed by atoms with Gasteiger partial charge in [-0.2, -0.15) is 0 Å². The molecule has 1 N–H and O–H groups in total. The van der Waals surface area contributed by atoms with Gasteiger partial charge in [-0.1, -0.05) is 199 Å². The number of para-hydroxylation sites is 1. The van der Waals surface area contributed by atoms with E-state index in [-0.39, 0.29) is 44.1 Å². The molecule has 0 spiro atoms. The van der Waals surface area contributed by atoms with Gasteiger partial charge in [0.2, 0.25) is 0 Å². The molecule has 9 aromatic carbocycles. The zero-order valence-corrected chi connectivity index (χ0v) is 45.9. The number of aromatic nitrogens is 5. The first-order valence-corrected chi connectivity index (χ1v) is 26.1. The van der Waals surface area contributed by atoms with Crippen LogP contribution in [-0.2, 0) is 26.5 Å². The number of phenols is 1. The Morgan fingerprint density at radius 3 is 1.82 bits per heavy atom. The fraction of sp³-hybridized carbons (Fsp3) is 0.145. The van der Waals surface area contributed by atoms with Crippen molar-refractivity contribution in [2.45, 2.75) is 65.7 Å². The van der Waals surface area contributed by atoms with Crippen LogP contribution in [0.5, 0.6) is 5.75 Å². The molecular weight excluding hydrogens is 1110 g/mol. The molecule has 0 amide bonds. The Morgan fingerprint density at radius 1 is 0.526 bits per heavy atom. The maximum atomic E-state index is 12.7. The molecule has 4 aromatic heterocycles. The summed E-state index contributed by atoms with van der Waals surface area (Å²) in [6, 6.07) is 70.5. The molecule has 0 atom stereocenters. The van der Waals surface area contributed by atoms with E-state index < -0.39 is 0 Å². The molecule has 4 heterocycles. The maximum absolute atomic E-state index is 12.7. The molecule has 13 aromatic rings. The van der Waals surface area contributed by atoms with Crippen molar-refractivity contribution in [3.8, 4) is 67.5 Å². The van der Waals surface area contributed by atoms with E-state index in [1.54, 1.807) is 0 Å². The average molecular weight is 1170 g/mol. The van der Waals surface area contributed by atoms with Gasteiger partial charge in [0.15, 0.2) is 0 Å². The topological polar surface area (TPSA) is 68.2 Å². The van der Waals surface area contributed by atoms with Gasteiger partial charge in [-0.15, -0.1) is 29.3 Å². The quantitative estimate of drug-likeness (QED) is 0.122. The second-order valence-electron chi connectivity index (χ2n) is 21.7. The summed E-state index contributed by atoms with van der Waals surface area (Å²) in [6.45, 7) is 15.9. The third-order valence-electron chi connectivity index (χ3n) is 15.2. The monoisotopic (exact) mass is 1170 g/mol. The minimum atomic E-state index is -0.209. The fourth-order valence-corrected chi connectivity index (χ4v) is 11.3. The Bertz CT molecular complexity index is 4380. The molecule has 0 aliphatic rings. The molecule has 0 bridgehead atoms. The minimum Gasteiger partial charge on any atom is -0.507 e. The van der Waals surface area contributed by atoms with Gasteiger partial charge >= 0.3 is 0 Å². The van der Waals surface area contributed by atoms with E-state index in [9.17, 15) is 5.11 Å². The predicted octanol–water partition coefficient (Wildman–Crippen LogP) is 18.1. The van der Waals surface area contributed by atoms with Gasteiger partial charge in [-0.3, -0.25) is 14.0 Å². The van der Waals surface area contributed by atoms with Crippen LogP contribution in [0.3, 0.4) is 0 Å². The van der Waals surface area contributed by atoms with Crippen molar-refractivity contribution in [1.29, 1.82) is 0 Å². The van der Waals surface area contributed by atoms with Gasteiger partial charge in [0.05, 0.1) is 38.8 Å². The van der Waals surface area contributed by atoms with E-state index in [1.165, 1.54) is 22.3 Å². The van der Waals surface area contributed by atoms with Crippen LogP contribution < -0.4 is 0 Å². The summed E-state index contributed by atoms with van der Waals surface area (Å²) in [5, 5.41) is 18.2. The standard InChI is InChI=1S/C69H56N5O.Pt/c1-41(2)55-36-47(44-22-12-9-13-23-44)37-56(42(3)4)65(55)74-66-51-25-15-14-24-46(51)35-57(48-32-49(34-50(33-48)69(5,6)7)59-38-45(30-31-70-59)43-20-10-8-11-21-43)64(66)72-68(74)58-39-62-60(40-63(58)75)71-67-54-28-17-16-26-52(54)53-27-18-19-29-61(53)73(62)67;/h8-31,33-42,75H,1-7H3;/q-1;. The number of hydrogen-bond donors (Lipinski definition) is 1. The van der Waals surface area contributed by atoms with Crippen molar-refractivity contribution < 1.29 is 26.2 Å². The maximum Gasteiger partial charge on any atom is 0.148 e. The summed E-state index contributed by atoms with van der Waals surface area (Å²) >= 11 is 0. The number of aromatic hydroxyl groups is 1. The van der Waals surface area contributed by atoms with Crippen molar-refractivity contribution in [2.24, 2.45) is 0 Å². The van der Waals surface area contributed by atoms with E-state index in [4.69, 9.17) is 15.0 Å². The fourth-order valence-electron chi connectivity index (χ4n) is 11.3. The van der Waals surface area contributed by atoms with Gasteiger partial charge in [-0.25, -0.2) is 9.97 Å². The van der Waals surface area contributed by atoms with Crippen LogP contribution >= 0.6 is 0 Å². The van der Waals surface area contributed by atoms with Crippen LogP contribution in [0.1, 0.15) is 77.0 Å². The van der Waals surface area contributed by atoms with Crippen LogP contribution in [0.15, 0.2) is 194 Å². The number of fused-ring (bicyclic) bond motifs is 11. The average Bonchev–Trinajstić information content (AvgIpc) is 4.22. The molecule has 13 rings (SSSR count). The van der Waals surface area contributed by atoms with Crippen molar-refractivity contribution in [1.82, 2.24) is 23.9 Å². The Kier molecular flexibility index (Phi) is 12.1. The van der Waals surface area contributed by atoms with Gasteiger partial charge in [0.1, 0.15) is 17.2 Å². The van der Waals surface area contributed by atoms with E-state index in [2.05, 4.69) is 239 Å². The zero-order valence-electron chi connectivity index (χ0n) is 43.6. The molecule has 0 saturated carbocycles. The molecule has 0 aliphatic carbocycles. The molecule has 7 heteroatoms. The minimum absolute atomic E-state index is 0. The summed E-state index contributed by atoms with van der Waals surface area (Å²) in [7, 11) is 0. The second-order valence-corrected chi connectivity index (χ2v) is 21.7. The van der Waals surface area contributed by atoms with Gasteiger partial charge in [0.25, 0.3) is 0 Å². The SMILES string of the molecule is CC(C)c1cc(-c2ccccc2)cc(C(C)C)c1-n1c(-c2cc3c(cc2O)nc2c4ccccc4c4ccccc4n32)nc2c(-c3[c-]c(-c4cc(-c5ccccc5)ccn4)cc(C(C)(C)C)c3)cc3ccccc3c21.[Pt]. The molecule has 0 unspecified atom stereocenters. The zero-order chi connectivity index (χ0) is 51.3. The Labute approximate surface area is 457 Å². The summed E-state index contributed by atoms with van der Waals surface area (Å²) in [5.74, 6) is 0.985. The van der Waals surface area contributed by atoms with E-state index >= 15 is 0 Å². The van der Waals surface area contributed by atoms with Crippen molar-refractivity contribution in [3.05, 3.63) is 217 Å². The number of rotatable bonds is 8. The number of phenolic OH excluding ortho intramolecular Hbond substituents is 1. The van der Waals surface area contributed by atoms with E-state index in [0.717, 1.165) is 99.4 Å². The molecule has 76 heavy (non-hydrogen) atoms. The number of pyridine rings is 2. The first-order chi connectivity index (χ1) is 36.4. The molecule has 0 aliphatic heterocycles. The molecule has 0 fully saturated rings. The summed E-state index contributed by atoms with van der Waals surface area (Å²) in [4.78, 5) is 16.2. The van der Waals surface area contributed by atoms with Gasteiger partial charge in [0, 0.05) is 55.2 Å². The van der Waals surface area contributed by atoms with E-state index in [0.29, 0.717) is 16.9 Å². The summed E-state index contributed by atoms with van der Waals surface area (Å²) < 4.78 is 4.64. The van der Waals surface area contributed by atoms with Crippen molar-refractivity contribution in [2.75, 3.05) is 0 Å². The number of benzene rings is 9. The van der Waals surface area contributed by atoms with Gasteiger partial charge in [-0.05, 0) is 91.7 Å². The van der Waals surface area contributed by atoms with Crippen molar-refractivity contribution >= 4 is 60.2 Å². The van der Waals surface area contributed by atoms with Crippen LogP contribution in [0.4, 0.5) is 0 Å².